The third-order valence-electron chi connectivity index (χ3n) is 4.65. The van der Waals surface area contributed by atoms with Crippen LogP contribution in [0, 0.1) is 5.92 Å². The number of benzene rings is 2. The van der Waals surface area contributed by atoms with E-state index in [-0.39, 0.29) is 11.9 Å². The highest BCUT2D eigenvalue weighted by Crippen LogP contribution is 2.27. The molecule has 5 nitrogen and oxygen atoms in total. The SMILES string of the molecule is CC(C)C[C@H](NC(=O)c1ccc(Cl)cc1Cl)c1nnc(SCc2ccc(Cl)cc2)n1C. The molecule has 1 aromatic heterocycles. The Morgan fingerprint density at radius 3 is 2.39 bits per heavy atom. The first-order valence-electron chi connectivity index (χ1n) is 9.77. The topological polar surface area (TPSA) is 59.8 Å². The summed E-state index contributed by atoms with van der Waals surface area (Å²) in [7, 11) is 1.91. The van der Waals surface area contributed by atoms with Crippen molar-refractivity contribution in [2.75, 3.05) is 0 Å². The Morgan fingerprint density at radius 2 is 1.74 bits per heavy atom. The van der Waals surface area contributed by atoms with Crippen molar-refractivity contribution < 1.29 is 4.79 Å². The highest BCUT2D eigenvalue weighted by atomic mass is 35.5. The minimum absolute atomic E-state index is 0.273. The summed E-state index contributed by atoms with van der Waals surface area (Å²) in [6, 6.07) is 12.2. The first-order chi connectivity index (χ1) is 14.7. The molecule has 0 saturated carbocycles. The van der Waals surface area contributed by atoms with Gasteiger partial charge in [0.15, 0.2) is 11.0 Å². The smallest absolute Gasteiger partial charge is 0.253 e. The number of thioether (sulfide) groups is 1. The molecule has 0 bridgehead atoms. The fourth-order valence-electron chi connectivity index (χ4n) is 3.09. The van der Waals surface area contributed by atoms with Crippen LogP contribution in [0.4, 0.5) is 0 Å². The van der Waals surface area contributed by atoms with E-state index in [1.54, 1.807) is 30.0 Å². The number of amides is 1. The molecular weight excluding hydrogens is 475 g/mol. The largest absolute Gasteiger partial charge is 0.342 e. The van der Waals surface area contributed by atoms with Crippen molar-refractivity contribution in [3.05, 3.63) is 74.5 Å². The molecule has 1 amide bonds. The summed E-state index contributed by atoms with van der Waals surface area (Å²) in [5, 5.41) is 14.1. The molecule has 3 aromatic rings. The number of carbonyl (C=O) groups is 1. The lowest BCUT2D eigenvalue weighted by Gasteiger charge is -2.20. The first-order valence-corrected chi connectivity index (χ1v) is 11.9. The highest BCUT2D eigenvalue weighted by Gasteiger charge is 2.24. The predicted molar refractivity (Wildman–Crippen MR) is 128 cm³/mol. The maximum Gasteiger partial charge on any atom is 0.253 e. The second-order valence-electron chi connectivity index (χ2n) is 7.59. The summed E-state index contributed by atoms with van der Waals surface area (Å²) >= 11 is 19.7. The summed E-state index contributed by atoms with van der Waals surface area (Å²) in [5.41, 5.74) is 1.52. The Morgan fingerprint density at radius 1 is 1.06 bits per heavy atom. The van der Waals surface area contributed by atoms with Crippen molar-refractivity contribution >= 4 is 52.5 Å². The van der Waals surface area contributed by atoms with Crippen molar-refractivity contribution in [3.63, 3.8) is 0 Å². The second-order valence-corrected chi connectivity index (χ2v) is 9.82. The molecule has 0 fully saturated rings. The number of aromatic nitrogens is 3. The van der Waals surface area contributed by atoms with Gasteiger partial charge >= 0.3 is 0 Å². The lowest BCUT2D eigenvalue weighted by atomic mass is 10.0. The number of hydrogen-bond acceptors (Lipinski definition) is 4. The van der Waals surface area contributed by atoms with Gasteiger partial charge in [-0.25, -0.2) is 0 Å². The molecule has 0 aliphatic carbocycles. The molecular formula is C22H23Cl3N4OS. The predicted octanol–water partition coefficient (Wildman–Crippen LogP) is 6.58. The average molecular weight is 498 g/mol. The van der Waals surface area contributed by atoms with Crippen molar-refractivity contribution in [3.8, 4) is 0 Å². The van der Waals surface area contributed by atoms with Crippen LogP contribution >= 0.6 is 46.6 Å². The lowest BCUT2D eigenvalue weighted by molar-refractivity contribution is 0.0929. The Bertz CT molecular complexity index is 1050. The second kappa shape index (κ2) is 10.7. The van der Waals surface area contributed by atoms with E-state index in [0.29, 0.717) is 38.8 Å². The molecule has 9 heteroatoms. The van der Waals surface area contributed by atoms with Gasteiger partial charge in [0.1, 0.15) is 0 Å². The van der Waals surface area contributed by atoms with Crippen LogP contribution in [0.3, 0.4) is 0 Å². The van der Waals surface area contributed by atoms with E-state index in [2.05, 4.69) is 29.4 Å². The van der Waals surface area contributed by atoms with E-state index in [9.17, 15) is 4.79 Å². The van der Waals surface area contributed by atoms with Crippen LogP contribution in [0.5, 0.6) is 0 Å². The summed E-state index contributed by atoms with van der Waals surface area (Å²) < 4.78 is 1.93. The van der Waals surface area contributed by atoms with E-state index < -0.39 is 0 Å². The standard InChI is InChI=1S/C22H23Cl3N4OS/c1-13(2)10-19(26-21(30)17-9-8-16(24)11-18(17)25)20-27-28-22(29(20)3)31-12-14-4-6-15(23)7-5-14/h4-9,11,13,19H,10,12H2,1-3H3,(H,26,30)/t19-/m0/s1. The maximum atomic E-state index is 12.9. The van der Waals surface area contributed by atoms with Crippen LogP contribution in [0.15, 0.2) is 47.6 Å². The zero-order chi connectivity index (χ0) is 22.5. The van der Waals surface area contributed by atoms with Crippen molar-refractivity contribution in [2.45, 2.75) is 37.2 Å². The summed E-state index contributed by atoms with van der Waals surface area (Å²) in [6.45, 7) is 4.20. The van der Waals surface area contributed by atoms with Crippen molar-refractivity contribution in [2.24, 2.45) is 13.0 Å². The van der Waals surface area contributed by atoms with Gasteiger partial charge in [-0.3, -0.25) is 4.79 Å². The minimum atomic E-state index is -0.304. The molecule has 3 rings (SSSR count). The van der Waals surface area contributed by atoms with E-state index >= 15 is 0 Å². The van der Waals surface area contributed by atoms with Crippen LogP contribution < -0.4 is 5.32 Å². The van der Waals surface area contributed by atoms with Gasteiger partial charge in [-0.2, -0.15) is 0 Å². The molecule has 164 valence electrons. The summed E-state index contributed by atoms with van der Waals surface area (Å²) in [4.78, 5) is 12.9. The number of carbonyl (C=O) groups excluding carboxylic acids is 1. The number of hydrogen-bond donors (Lipinski definition) is 1. The van der Waals surface area contributed by atoms with Crippen LogP contribution in [0.25, 0.3) is 0 Å². The minimum Gasteiger partial charge on any atom is -0.342 e. The van der Waals surface area contributed by atoms with Gasteiger partial charge in [0.2, 0.25) is 0 Å². The fourth-order valence-corrected chi connectivity index (χ4v) is 4.59. The molecule has 0 unspecified atom stereocenters. The van der Waals surface area contributed by atoms with Crippen LogP contribution in [-0.4, -0.2) is 20.7 Å². The number of rotatable bonds is 8. The zero-order valence-corrected chi connectivity index (χ0v) is 20.5. The molecule has 0 spiro atoms. The summed E-state index contributed by atoms with van der Waals surface area (Å²) in [6.07, 6.45) is 0.713. The Balaban J connectivity index is 1.77. The molecule has 1 heterocycles. The first kappa shape index (κ1) is 23.9. The summed E-state index contributed by atoms with van der Waals surface area (Å²) in [5.74, 6) is 1.51. The third kappa shape index (κ3) is 6.39. The van der Waals surface area contributed by atoms with Gasteiger partial charge in [-0.1, -0.05) is 72.5 Å². The number of nitrogens with zero attached hydrogens (tertiary/aromatic N) is 3. The molecule has 1 atom stereocenters. The van der Waals surface area contributed by atoms with Gasteiger partial charge in [-0.05, 0) is 48.2 Å². The molecule has 1 N–H and O–H groups in total. The maximum absolute atomic E-state index is 12.9. The molecule has 2 aromatic carbocycles. The van der Waals surface area contributed by atoms with E-state index in [4.69, 9.17) is 34.8 Å². The highest BCUT2D eigenvalue weighted by molar-refractivity contribution is 7.98. The average Bonchev–Trinajstić information content (AvgIpc) is 3.07. The van der Waals surface area contributed by atoms with Gasteiger partial charge in [0.05, 0.1) is 16.6 Å². The van der Waals surface area contributed by atoms with E-state index in [0.717, 1.165) is 16.5 Å². The van der Waals surface area contributed by atoms with Crippen LogP contribution in [0.2, 0.25) is 15.1 Å². The van der Waals surface area contributed by atoms with Gasteiger partial charge in [-0.15, -0.1) is 10.2 Å². The van der Waals surface area contributed by atoms with E-state index in [1.165, 1.54) is 0 Å². The quantitative estimate of drug-likeness (QED) is 0.357. The molecule has 0 aliphatic rings. The van der Waals surface area contributed by atoms with Gasteiger partial charge in [0, 0.05) is 22.8 Å². The van der Waals surface area contributed by atoms with Crippen LogP contribution in [0.1, 0.15) is 48.1 Å². The molecule has 0 radical (unpaired) electrons. The zero-order valence-electron chi connectivity index (χ0n) is 17.4. The van der Waals surface area contributed by atoms with E-state index in [1.807, 2.05) is 35.9 Å². The molecule has 31 heavy (non-hydrogen) atoms. The van der Waals surface area contributed by atoms with Crippen molar-refractivity contribution in [1.29, 1.82) is 0 Å². The molecule has 0 saturated heterocycles. The fraction of sp³-hybridized carbons (Fsp3) is 0.318. The van der Waals surface area contributed by atoms with Gasteiger partial charge < -0.3 is 9.88 Å². The van der Waals surface area contributed by atoms with Gasteiger partial charge in [0.25, 0.3) is 5.91 Å². The monoisotopic (exact) mass is 496 g/mol. The van der Waals surface area contributed by atoms with Crippen LogP contribution in [-0.2, 0) is 12.8 Å². The third-order valence-corrected chi connectivity index (χ3v) is 6.54. The number of nitrogens with one attached hydrogen (secondary N) is 1. The lowest BCUT2D eigenvalue weighted by Crippen LogP contribution is -2.31. The Kier molecular flexibility index (Phi) is 8.28. The normalized spacial score (nSPS) is 12.2. The molecule has 0 aliphatic heterocycles. The van der Waals surface area contributed by atoms with Crippen molar-refractivity contribution in [1.82, 2.24) is 20.1 Å². The Labute approximate surface area is 201 Å². The number of halogens is 3. The Hall–Kier alpha value is -1.73.